The first kappa shape index (κ1) is 27.9. The molecule has 0 amide bonds. The molecule has 2 aromatic carbocycles. The Morgan fingerprint density at radius 1 is 1.05 bits per heavy atom. The zero-order chi connectivity index (χ0) is 27.5. The van der Waals surface area contributed by atoms with Gasteiger partial charge in [0.05, 0.1) is 70.2 Å². The highest BCUT2D eigenvalue weighted by atomic mass is 127. The van der Waals surface area contributed by atoms with Crippen molar-refractivity contribution in [3.8, 4) is 5.75 Å². The van der Waals surface area contributed by atoms with Gasteiger partial charge >= 0.3 is 0 Å². The Bertz CT molecular complexity index is 1480. The number of nitrogens with zero attached hydrogens (tertiary/aromatic N) is 8. The monoisotopic (exact) mass is 722 g/mol. The van der Waals surface area contributed by atoms with Crippen LogP contribution in [0.25, 0.3) is 11.0 Å². The minimum atomic E-state index is 0.535. The van der Waals surface area contributed by atoms with E-state index in [2.05, 4.69) is 75.1 Å². The second-order valence-corrected chi connectivity index (χ2v) is 11.4. The number of ether oxygens (including phenoxy) is 2. The average Bonchev–Trinajstić information content (AvgIpc) is 2.99. The molecule has 1 saturated heterocycles. The molecule has 0 saturated carbocycles. The molecule has 4 aromatic rings. The van der Waals surface area contributed by atoms with E-state index in [1.54, 1.807) is 37.6 Å². The van der Waals surface area contributed by atoms with E-state index in [0.717, 1.165) is 70.3 Å². The summed E-state index contributed by atoms with van der Waals surface area (Å²) in [5.41, 5.74) is 5.50. The van der Waals surface area contributed by atoms with Crippen molar-refractivity contribution in [3.63, 3.8) is 0 Å². The first-order chi connectivity index (χ1) is 18.9. The van der Waals surface area contributed by atoms with Gasteiger partial charge in [0, 0.05) is 63.8 Å². The molecule has 0 N–H and O–H groups in total. The molecule has 0 unspecified atom stereocenters. The average molecular weight is 723 g/mol. The van der Waals surface area contributed by atoms with E-state index in [4.69, 9.17) is 14.5 Å². The van der Waals surface area contributed by atoms with Gasteiger partial charge in [-0.05, 0) is 40.2 Å². The number of fused-ring (bicyclic) bond motifs is 1. The smallest absolute Gasteiger partial charge is 0.231 e. The predicted octanol–water partition coefficient (Wildman–Crippen LogP) is 6.00. The van der Waals surface area contributed by atoms with Gasteiger partial charge in [0.1, 0.15) is 11.3 Å². The lowest BCUT2D eigenvalue weighted by atomic mass is 10.2. The third kappa shape index (κ3) is 5.67. The lowest BCUT2D eigenvalue weighted by molar-refractivity contribution is 0.122. The Hall–Kier alpha value is -2.62. The highest BCUT2D eigenvalue weighted by molar-refractivity contribution is 14.1. The van der Waals surface area contributed by atoms with Gasteiger partial charge in [0.2, 0.25) is 5.95 Å². The van der Waals surface area contributed by atoms with E-state index in [-0.39, 0.29) is 0 Å². The SMILES string of the molecule is COc1cc(N2CCOCC2)ccc1N(C)c1ncc(Br)c(N(I)c2ccc3nccnc3c2N(C)SC)n1. The molecule has 0 radical (unpaired) electrons. The molecule has 5 rings (SSSR count). The van der Waals surface area contributed by atoms with Crippen molar-refractivity contribution in [2.45, 2.75) is 0 Å². The Morgan fingerprint density at radius 2 is 1.79 bits per heavy atom. The fraction of sp³-hybridized carbons (Fsp3) is 0.308. The number of rotatable bonds is 8. The normalized spacial score (nSPS) is 13.4. The molecule has 0 bridgehead atoms. The molecular weight excluding hydrogens is 695 g/mol. The quantitative estimate of drug-likeness (QED) is 0.122. The van der Waals surface area contributed by atoms with Crippen molar-refractivity contribution in [2.75, 3.05) is 71.0 Å². The zero-order valence-electron chi connectivity index (χ0n) is 22.0. The van der Waals surface area contributed by atoms with Crippen molar-refractivity contribution in [1.82, 2.24) is 19.9 Å². The topological polar surface area (TPSA) is 83.0 Å². The summed E-state index contributed by atoms with van der Waals surface area (Å²) in [7, 11) is 5.64. The fourth-order valence-electron chi connectivity index (χ4n) is 4.40. The molecular formula is C26H28BrIN8O2S. The molecule has 1 fully saturated rings. The molecule has 0 aliphatic carbocycles. The minimum Gasteiger partial charge on any atom is -0.494 e. The van der Waals surface area contributed by atoms with Crippen LogP contribution < -0.4 is 22.0 Å². The summed E-state index contributed by atoms with van der Waals surface area (Å²) >= 11 is 7.54. The van der Waals surface area contributed by atoms with Crippen LogP contribution >= 0.6 is 50.7 Å². The van der Waals surface area contributed by atoms with Gasteiger partial charge in [-0.2, -0.15) is 4.98 Å². The Labute approximate surface area is 254 Å². The Kier molecular flexibility index (Phi) is 8.79. The number of anilines is 6. The molecule has 204 valence electrons. The van der Waals surface area contributed by atoms with E-state index in [0.29, 0.717) is 11.8 Å². The van der Waals surface area contributed by atoms with E-state index in [9.17, 15) is 0 Å². The summed E-state index contributed by atoms with van der Waals surface area (Å²) in [4.78, 5) is 22.9. The van der Waals surface area contributed by atoms with Gasteiger partial charge in [-0.1, -0.05) is 11.9 Å². The van der Waals surface area contributed by atoms with Crippen LogP contribution in [-0.2, 0) is 4.74 Å². The minimum absolute atomic E-state index is 0.535. The maximum Gasteiger partial charge on any atom is 0.231 e. The summed E-state index contributed by atoms with van der Waals surface area (Å²) in [5, 5.41) is 0. The van der Waals surface area contributed by atoms with Crippen LogP contribution in [0.2, 0.25) is 0 Å². The third-order valence-electron chi connectivity index (χ3n) is 6.49. The third-order valence-corrected chi connectivity index (χ3v) is 8.76. The maximum absolute atomic E-state index is 5.79. The van der Waals surface area contributed by atoms with E-state index >= 15 is 0 Å². The molecule has 2 aromatic heterocycles. The first-order valence-electron chi connectivity index (χ1n) is 12.2. The number of hydrogen-bond donors (Lipinski definition) is 0. The second kappa shape index (κ2) is 12.3. The number of halogens is 2. The van der Waals surface area contributed by atoms with Crippen LogP contribution in [0, 0.1) is 0 Å². The maximum atomic E-state index is 5.79. The van der Waals surface area contributed by atoms with Crippen LogP contribution in [0.1, 0.15) is 0 Å². The summed E-state index contributed by atoms with van der Waals surface area (Å²) in [6.45, 7) is 3.17. The number of methoxy groups -OCH3 is 1. The second-order valence-electron chi connectivity index (χ2n) is 8.67. The largest absolute Gasteiger partial charge is 0.494 e. The van der Waals surface area contributed by atoms with Crippen molar-refractivity contribution in [3.05, 3.63) is 53.4 Å². The summed E-state index contributed by atoms with van der Waals surface area (Å²) in [5.74, 6) is 1.99. The van der Waals surface area contributed by atoms with Crippen LogP contribution in [0.3, 0.4) is 0 Å². The lowest BCUT2D eigenvalue weighted by Gasteiger charge is -2.30. The Balaban J connectivity index is 1.51. The number of aromatic nitrogens is 4. The Morgan fingerprint density at radius 3 is 2.54 bits per heavy atom. The molecule has 0 atom stereocenters. The number of benzene rings is 2. The summed E-state index contributed by atoms with van der Waals surface area (Å²) in [6.07, 6.45) is 7.22. The standard InChI is InChI=1S/C26H28BrIN8O2S/c1-33(20-7-5-17(15-22(20)37-3)35-11-13-38-14-12-35)26-31-16-18(27)25(32-26)36(28)21-8-6-19-23(30-10-9-29-19)24(21)34(2)39-4/h5-10,15-16H,11-14H2,1-4H3. The number of morpholine rings is 1. The fourth-order valence-corrected chi connectivity index (χ4v) is 6.22. The molecule has 1 aliphatic heterocycles. The predicted molar refractivity (Wildman–Crippen MR) is 171 cm³/mol. The molecule has 3 heterocycles. The molecule has 1 aliphatic rings. The van der Waals surface area contributed by atoms with Gasteiger partial charge in [-0.3, -0.25) is 13.1 Å². The van der Waals surface area contributed by atoms with Crippen LogP contribution in [-0.4, -0.2) is 73.7 Å². The van der Waals surface area contributed by atoms with E-state index in [1.165, 1.54) is 0 Å². The van der Waals surface area contributed by atoms with Crippen LogP contribution in [0.5, 0.6) is 5.75 Å². The highest BCUT2D eigenvalue weighted by Crippen LogP contribution is 2.44. The van der Waals surface area contributed by atoms with Crippen molar-refractivity contribution in [2.24, 2.45) is 0 Å². The van der Waals surface area contributed by atoms with Gasteiger partial charge in [0.15, 0.2) is 5.82 Å². The van der Waals surface area contributed by atoms with Crippen molar-refractivity contribution >= 4 is 96.3 Å². The van der Waals surface area contributed by atoms with Crippen molar-refractivity contribution < 1.29 is 9.47 Å². The molecule has 39 heavy (non-hydrogen) atoms. The lowest BCUT2D eigenvalue weighted by Crippen LogP contribution is -2.36. The summed E-state index contributed by atoms with van der Waals surface area (Å²) < 4.78 is 16.1. The van der Waals surface area contributed by atoms with Crippen LogP contribution in [0.4, 0.5) is 34.5 Å². The van der Waals surface area contributed by atoms with Gasteiger partial charge < -0.3 is 23.6 Å². The van der Waals surface area contributed by atoms with E-state index in [1.807, 2.05) is 46.6 Å². The summed E-state index contributed by atoms with van der Waals surface area (Å²) in [6, 6.07) is 10.2. The van der Waals surface area contributed by atoms with E-state index < -0.39 is 0 Å². The first-order valence-corrected chi connectivity index (χ1v) is 15.1. The molecule has 13 heteroatoms. The van der Waals surface area contributed by atoms with Gasteiger partial charge in [-0.15, -0.1) is 0 Å². The van der Waals surface area contributed by atoms with Gasteiger partial charge in [0.25, 0.3) is 0 Å². The van der Waals surface area contributed by atoms with Crippen LogP contribution in [0.15, 0.2) is 53.4 Å². The highest BCUT2D eigenvalue weighted by Gasteiger charge is 2.23. The molecule has 0 spiro atoms. The molecule has 10 nitrogen and oxygen atoms in total. The zero-order valence-corrected chi connectivity index (χ0v) is 26.6. The number of hydrogen-bond acceptors (Lipinski definition) is 11. The van der Waals surface area contributed by atoms with Gasteiger partial charge in [-0.25, -0.2) is 4.98 Å². The van der Waals surface area contributed by atoms with Crippen molar-refractivity contribution in [1.29, 1.82) is 0 Å².